The molecule has 1 aliphatic rings. The van der Waals surface area contributed by atoms with Crippen molar-refractivity contribution in [2.75, 3.05) is 20.7 Å². The topological polar surface area (TPSA) is 58.5 Å². The summed E-state index contributed by atoms with van der Waals surface area (Å²) in [7, 11) is 3.34. The molecule has 1 aliphatic carbocycles. The summed E-state index contributed by atoms with van der Waals surface area (Å²) in [4.78, 5) is 8.44. The van der Waals surface area contributed by atoms with Crippen LogP contribution >= 0.6 is 24.0 Å². The smallest absolute Gasteiger partial charge is 0.212 e. The Labute approximate surface area is 170 Å². The van der Waals surface area contributed by atoms with Crippen LogP contribution < -0.4 is 15.4 Å². The highest BCUT2D eigenvalue weighted by Gasteiger charge is 2.44. The van der Waals surface area contributed by atoms with Crippen molar-refractivity contribution in [2.24, 2.45) is 4.99 Å². The number of nitrogens with one attached hydrogen (secondary N) is 2. The standard InChI is InChI=1S/C19H23FN4O.HI/c1-21-18(23-12-14-6-7-17(25-2)22-11-14)24-13-19(8-9-19)15-4-3-5-16(20)10-15;/h3-7,10-11H,8-9,12-13H2,1-2H3,(H2,21,23,24);1H. The van der Waals surface area contributed by atoms with Crippen molar-refractivity contribution in [1.29, 1.82) is 0 Å². The first-order valence-corrected chi connectivity index (χ1v) is 8.35. The average Bonchev–Trinajstić information content (AvgIpc) is 3.43. The number of benzene rings is 1. The van der Waals surface area contributed by atoms with Gasteiger partial charge in [0.05, 0.1) is 7.11 Å². The van der Waals surface area contributed by atoms with Gasteiger partial charge >= 0.3 is 0 Å². The number of halogens is 2. The zero-order valence-corrected chi connectivity index (χ0v) is 17.3. The van der Waals surface area contributed by atoms with Crippen LogP contribution in [0.5, 0.6) is 5.88 Å². The number of aromatic nitrogens is 1. The van der Waals surface area contributed by atoms with Crippen LogP contribution in [0.2, 0.25) is 0 Å². The van der Waals surface area contributed by atoms with E-state index >= 15 is 0 Å². The van der Waals surface area contributed by atoms with E-state index in [-0.39, 0.29) is 35.2 Å². The largest absolute Gasteiger partial charge is 0.481 e. The lowest BCUT2D eigenvalue weighted by atomic mass is 9.96. The van der Waals surface area contributed by atoms with Gasteiger partial charge in [-0.25, -0.2) is 9.37 Å². The molecule has 3 rings (SSSR count). The zero-order valence-electron chi connectivity index (χ0n) is 15.0. The van der Waals surface area contributed by atoms with E-state index < -0.39 is 0 Å². The lowest BCUT2D eigenvalue weighted by molar-refractivity contribution is 0.397. The molecule has 7 heteroatoms. The van der Waals surface area contributed by atoms with Crippen LogP contribution in [0, 0.1) is 5.82 Å². The summed E-state index contributed by atoms with van der Waals surface area (Å²) in [5, 5.41) is 6.62. The molecule has 5 nitrogen and oxygen atoms in total. The maximum Gasteiger partial charge on any atom is 0.212 e. The maximum absolute atomic E-state index is 13.5. The summed E-state index contributed by atoms with van der Waals surface area (Å²) in [5.41, 5.74) is 2.10. The van der Waals surface area contributed by atoms with Gasteiger partial charge in [0.2, 0.25) is 5.88 Å². The summed E-state index contributed by atoms with van der Waals surface area (Å²) in [6, 6.07) is 10.7. The Morgan fingerprint density at radius 1 is 1.27 bits per heavy atom. The van der Waals surface area contributed by atoms with Gasteiger partial charge < -0.3 is 15.4 Å². The predicted molar refractivity (Wildman–Crippen MR) is 112 cm³/mol. The first kappa shape index (κ1) is 20.4. The third kappa shape index (κ3) is 5.06. The Bertz CT molecular complexity index is 747. The number of hydrogen-bond acceptors (Lipinski definition) is 3. The minimum atomic E-state index is -0.182. The molecule has 1 aromatic carbocycles. The van der Waals surface area contributed by atoms with Gasteiger partial charge in [-0.05, 0) is 36.1 Å². The minimum Gasteiger partial charge on any atom is -0.481 e. The molecule has 2 aromatic rings. The van der Waals surface area contributed by atoms with E-state index in [1.165, 1.54) is 6.07 Å². The van der Waals surface area contributed by atoms with E-state index in [1.54, 1.807) is 32.5 Å². The van der Waals surface area contributed by atoms with Gasteiger partial charge in [0, 0.05) is 37.8 Å². The number of nitrogens with zero attached hydrogens (tertiary/aromatic N) is 2. The number of rotatable bonds is 6. The van der Waals surface area contributed by atoms with Crippen LogP contribution in [0.25, 0.3) is 0 Å². The summed E-state index contributed by atoms with van der Waals surface area (Å²) >= 11 is 0. The van der Waals surface area contributed by atoms with Gasteiger partial charge in [-0.3, -0.25) is 4.99 Å². The Kier molecular flexibility index (Phi) is 7.19. The van der Waals surface area contributed by atoms with Crippen molar-refractivity contribution in [1.82, 2.24) is 15.6 Å². The van der Waals surface area contributed by atoms with Gasteiger partial charge in [-0.1, -0.05) is 18.2 Å². The molecule has 1 heterocycles. The first-order chi connectivity index (χ1) is 12.1. The normalized spacial score (nSPS) is 15.0. The lowest BCUT2D eigenvalue weighted by Gasteiger charge is -2.19. The van der Waals surface area contributed by atoms with Crippen molar-refractivity contribution in [3.8, 4) is 5.88 Å². The molecule has 0 bridgehead atoms. The molecular formula is C19H24FIN4O. The molecule has 2 N–H and O–H groups in total. The van der Waals surface area contributed by atoms with E-state index in [9.17, 15) is 4.39 Å². The zero-order chi connectivity index (χ0) is 17.7. The highest BCUT2D eigenvalue weighted by Crippen LogP contribution is 2.47. The SMILES string of the molecule is CN=C(NCc1ccc(OC)nc1)NCC1(c2cccc(F)c2)CC1.I. The number of guanidine groups is 1. The molecule has 1 saturated carbocycles. The fraction of sp³-hybridized carbons (Fsp3) is 0.368. The third-order valence-electron chi connectivity index (χ3n) is 4.58. The van der Waals surface area contributed by atoms with Gasteiger partial charge in [0.15, 0.2) is 5.96 Å². The summed E-state index contributed by atoms with van der Waals surface area (Å²) in [6.45, 7) is 1.35. The molecule has 0 amide bonds. The molecule has 0 atom stereocenters. The molecule has 140 valence electrons. The lowest BCUT2D eigenvalue weighted by Crippen LogP contribution is -2.40. The number of pyridine rings is 1. The third-order valence-corrected chi connectivity index (χ3v) is 4.58. The van der Waals surface area contributed by atoms with Crippen LogP contribution in [-0.2, 0) is 12.0 Å². The van der Waals surface area contributed by atoms with E-state index in [1.807, 2.05) is 18.2 Å². The molecular weight excluding hydrogens is 446 g/mol. The van der Waals surface area contributed by atoms with Gasteiger partial charge in [-0.15, -0.1) is 24.0 Å². The number of ether oxygens (including phenoxy) is 1. The number of aliphatic imine (C=N–C) groups is 1. The van der Waals surface area contributed by atoms with Crippen LogP contribution in [0.3, 0.4) is 0 Å². The monoisotopic (exact) mass is 470 g/mol. The van der Waals surface area contributed by atoms with E-state index in [4.69, 9.17) is 4.74 Å². The molecule has 26 heavy (non-hydrogen) atoms. The Hall–Kier alpha value is -1.90. The fourth-order valence-electron chi connectivity index (χ4n) is 2.83. The highest BCUT2D eigenvalue weighted by atomic mass is 127. The Morgan fingerprint density at radius 2 is 2.08 bits per heavy atom. The Balaban J connectivity index is 0.00000243. The minimum absolute atomic E-state index is 0. The van der Waals surface area contributed by atoms with Crippen molar-refractivity contribution in [3.63, 3.8) is 0 Å². The van der Waals surface area contributed by atoms with Crippen LogP contribution in [0.4, 0.5) is 4.39 Å². The second kappa shape index (κ2) is 9.16. The highest BCUT2D eigenvalue weighted by molar-refractivity contribution is 14.0. The second-order valence-electron chi connectivity index (χ2n) is 6.28. The molecule has 0 saturated heterocycles. The molecule has 0 radical (unpaired) electrons. The molecule has 1 aromatic heterocycles. The summed E-state index contributed by atoms with van der Waals surface area (Å²) in [5.74, 6) is 1.13. The maximum atomic E-state index is 13.5. The van der Waals surface area contributed by atoms with Gasteiger partial charge in [-0.2, -0.15) is 0 Å². The summed E-state index contributed by atoms with van der Waals surface area (Å²) < 4.78 is 18.5. The predicted octanol–water partition coefficient (Wildman–Crippen LogP) is 3.24. The van der Waals surface area contributed by atoms with Crippen LogP contribution in [0.15, 0.2) is 47.6 Å². The number of methoxy groups -OCH3 is 1. The van der Waals surface area contributed by atoms with E-state index in [0.717, 1.165) is 36.5 Å². The first-order valence-electron chi connectivity index (χ1n) is 8.35. The molecule has 0 spiro atoms. The fourth-order valence-corrected chi connectivity index (χ4v) is 2.83. The second-order valence-corrected chi connectivity index (χ2v) is 6.28. The molecule has 0 unspecified atom stereocenters. The molecule has 1 fully saturated rings. The van der Waals surface area contributed by atoms with Crippen molar-refractivity contribution >= 4 is 29.9 Å². The van der Waals surface area contributed by atoms with Crippen LogP contribution in [0.1, 0.15) is 24.0 Å². The van der Waals surface area contributed by atoms with Crippen molar-refractivity contribution in [2.45, 2.75) is 24.8 Å². The average molecular weight is 470 g/mol. The van der Waals surface area contributed by atoms with Gasteiger partial charge in [0.1, 0.15) is 5.82 Å². The van der Waals surface area contributed by atoms with E-state index in [0.29, 0.717) is 12.4 Å². The quantitative estimate of drug-likeness (QED) is 0.387. The molecule has 0 aliphatic heterocycles. The van der Waals surface area contributed by atoms with Gasteiger partial charge in [0.25, 0.3) is 0 Å². The number of hydrogen-bond donors (Lipinski definition) is 2. The summed E-state index contributed by atoms with van der Waals surface area (Å²) in [6.07, 6.45) is 3.89. The van der Waals surface area contributed by atoms with Crippen LogP contribution in [-0.4, -0.2) is 31.6 Å². The van der Waals surface area contributed by atoms with Crippen molar-refractivity contribution < 1.29 is 9.13 Å². The van der Waals surface area contributed by atoms with Crippen molar-refractivity contribution in [3.05, 3.63) is 59.5 Å². The Morgan fingerprint density at radius 3 is 2.65 bits per heavy atom. The van der Waals surface area contributed by atoms with E-state index in [2.05, 4.69) is 20.6 Å².